The van der Waals surface area contributed by atoms with Gasteiger partial charge in [-0.2, -0.15) is 13.2 Å². The third-order valence-corrected chi connectivity index (χ3v) is 8.06. The van der Waals surface area contributed by atoms with Crippen molar-refractivity contribution < 1.29 is 31.5 Å². The number of nitrogens with zero attached hydrogens (tertiary/aromatic N) is 3. The van der Waals surface area contributed by atoms with E-state index >= 15 is 0 Å². The molecule has 0 aliphatic carbocycles. The Bertz CT molecular complexity index is 1210. The molecule has 2 atom stereocenters. The van der Waals surface area contributed by atoms with Crippen LogP contribution in [0.15, 0.2) is 12.3 Å². The summed E-state index contributed by atoms with van der Waals surface area (Å²) in [7, 11) is -3.35. The first-order chi connectivity index (χ1) is 16.0. The Labute approximate surface area is 205 Å². The van der Waals surface area contributed by atoms with E-state index in [2.05, 4.69) is 15.3 Å². The van der Waals surface area contributed by atoms with Crippen LogP contribution in [0.3, 0.4) is 0 Å². The van der Waals surface area contributed by atoms with Crippen molar-refractivity contribution >= 4 is 33.2 Å². The number of thiophene rings is 1. The van der Waals surface area contributed by atoms with Crippen LogP contribution in [0.4, 0.5) is 19.1 Å². The summed E-state index contributed by atoms with van der Waals surface area (Å²) in [5.74, 6) is -1.01. The number of hydrogen-bond donors (Lipinski definition) is 3. The third-order valence-electron chi connectivity index (χ3n) is 5.65. The summed E-state index contributed by atoms with van der Waals surface area (Å²) in [6, 6.07) is 0.996. The van der Waals surface area contributed by atoms with Gasteiger partial charge in [-0.15, -0.1) is 11.3 Å². The highest BCUT2D eigenvalue weighted by Gasteiger charge is 2.37. The van der Waals surface area contributed by atoms with Gasteiger partial charge in [0, 0.05) is 36.6 Å². The average Bonchev–Trinajstić information content (AvgIpc) is 3.10. The van der Waals surface area contributed by atoms with Gasteiger partial charge < -0.3 is 16.2 Å². The van der Waals surface area contributed by atoms with Crippen molar-refractivity contribution in [2.24, 2.45) is 11.7 Å². The third kappa shape index (κ3) is 6.68. The SMILES string of the molecule is C[C@@H]1CN(S(C)(=O)=O)CC[C@@H]1Nc1ncc(C(F)(F)F)c(-c2cc(C(N)=O)c(CC(C)(C)O)s2)n1. The van der Waals surface area contributed by atoms with Gasteiger partial charge in [0.2, 0.25) is 21.9 Å². The number of primary amides is 1. The van der Waals surface area contributed by atoms with Crippen LogP contribution in [-0.4, -0.2) is 64.7 Å². The number of nitrogens with two attached hydrogens (primary N) is 1. The number of aromatic nitrogens is 2. The fourth-order valence-electron chi connectivity index (χ4n) is 3.91. The first kappa shape index (κ1) is 27.3. The molecule has 0 bridgehead atoms. The zero-order chi connectivity index (χ0) is 26.3. The van der Waals surface area contributed by atoms with Gasteiger partial charge in [-0.1, -0.05) is 6.92 Å². The topological polar surface area (TPSA) is 139 Å². The fourth-order valence-corrected chi connectivity index (χ4v) is 6.25. The molecule has 4 N–H and O–H groups in total. The number of nitrogens with one attached hydrogen (secondary N) is 1. The van der Waals surface area contributed by atoms with Crippen molar-refractivity contribution in [1.29, 1.82) is 0 Å². The van der Waals surface area contributed by atoms with Gasteiger partial charge in [0.05, 0.1) is 28.0 Å². The molecular weight excluding hydrogens is 507 g/mol. The monoisotopic (exact) mass is 535 g/mol. The van der Waals surface area contributed by atoms with Gasteiger partial charge in [-0.25, -0.2) is 22.7 Å². The van der Waals surface area contributed by atoms with Gasteiger partial charge in [0.15, 0.2) is 0 Å². The molecule has 9 nitrogen and oxygen atoms in total. The number of sulfonamides is 1. The molecule has 1 saturated heterocycles. The van der Waals surface area contributed by atoms with E-state index in [0.29, 0.717) is 17.5 Å². The molecular formula is C21H28F3N5O4S2. The molecule has 1 aliphatic rings. The zero-order valence-corrected chi connectivity index (χ0v) is 21.3. The highest BCUT2D eigenvalue weighted by atomic mass is 32.2. The summed E-state index contributed by atoms with van der Waals surface area (Å²) in [5.41, 5.74) is 2.76. The number of halogens is 3. The van der Waals surface area contributed by atoms with Crippen molar-refractivity contribution in [2.75, 3.05) is 24.7 Å². The van der Waals surface area contributed by atoms with Crippen molar-refractivity contribution in [3.63, 3.8) is 0 Å². The molecule has 1 amide bonds. The van der Waals surface area contributed by atoms with Gasteiger partial charge in [0.1, 0.15) is 5.56 Å². The molecule has 194 valence electrons. The Morgan fingerprint density at radius 1 is 1.37 bits per heavy atom. The molecule has 2 aromatic rings. The van der Waals surface area contributed by atoms with Crippen LogP contribution in [0.25, 0.3) is 10.6 Å². The lowest BCUT2D eigenvalue weighted by Gasteiger charge is -2.35. The Hall–Kier alpha value is -2.29. The van der Waals surface area contributed by atoms with Crippen LogP contribution >= 0.6 is 11.3 Å². The molecule has 1 aliphatic heterocycles. The maximum Gasteiger partial charge on any atom is 0.420 e. The normalized spacial score (nSPS) is 20.1. The van der Waals surface area contributed by atoms with Crippen molar-refractivity contribution in [3.8, 4) is 10.6 Å². The largest absolute Gasteiger partial charge is 0.420 e. The van der Waals surface area contributed by atoms with Gasteiger partial charge in [-0.3, -0.25) is 4.79 Å². The van der Waals surface area contributed by atoms with Crippen LogP contribution < -0.4 is 11.1 Å². The first-order valence-electron chi connectivity index (χ1n) is 10.8. The summed E-state index contributed by atoms with van der Waals surface area (Å²) in [5, 5.41) is 13.2. The number of piperidine rings is 1. The molecule has 1 fully saturated rings. The number of hydrogen-bond acceptors (Lipinski definition) is 8. The number of anilines is 1. The molecule has 2 aromatic heterocycles. The first-order valence-corrected chi connectivity index (χ1v) is 13.4. The van der Waals surface area contributed by atoms with Crippen LogP contribution in [0.1, 0.15) is 48.0 Å². The van der Waals surface area contributed by atoms with Crippen molar-refractivity contribution in [1.82, 2.24) is 14.3 Å². The summed E-state index contributed by atoms with van der Waals surface area (Å²) in [6.45, 7) is 5.39. The van der Waals surface area contributed by atoms with E-state index in [0.717, 1.165) is 17.6 Å². The highest BCUT2D eigenvalue weighted by molar-refractivity contribution is 7.88. The van der Waals surface area contributed by atoms with Crippen LogP contribution in [0.5, 0.6) is 0 Å². The molecule has 3 rings (SSSR count). The quantitative estimate of drug-likeness (QED) is 0.496. The second-order valence-electron chi connectivity index (χ2n) is 9.39. The fraction of sp³-hybridized carbons (Fsp3) is 0.571. The molecule has 0 spiro atoms. The van der Waals surface area contributed by atoms with E-state index in [1.165, 1.54) is 24.2 Å². The molecule has 35 heavy (non-hydrogen) atoms. The van der Waals surface area contributed by atoms with E-state index in [1.54, 1.807) is 0 Å². The van der Waals surface area contributed by atoms with Gasteiger partial charge >= 0.3 is 6.18 Å². The summed E-state index contributed by atoms with van der Waals surface area (Å²) in [6.07, 6.45) is -2.50. The Balaban J connectivity index is 1.98. The van der Waals surface area contributed by atoms with E-state index in [9.17, 15) is 31.5 Å². The lowest BCUT2D eigenvalue weighted by atomic mass is 9.95. The number of rotatable bonds is 7. The lowest BCUT2D eigenvalue weighted by molar-refractivity contribution is -0.137. The van der Waals surface area contributed by atoms with Crippen LogP contribution in [0, 0.1) is 5.92 Å². The second kappa shape index (κ2) is 9.64. The molecule has 3 heterocycles. The van der Waals surface area contributed by atoms with Crippen LogP contribution in [0.2, 0.25) is 0 Å². The predicted molar refractivity (Wildman–Crippen MR) is 126 cm³/mol. The van der Waals surface area contributed by atoms with Crippen LogP contribution in [-0.2, 0) is 22.6 Å². The number of carbonyl (C=O) groups is 1. The molecule has 0 aromatic carbocycles. The maximum atomic E-state index is 13.8. The van der Waals surface area contributed by atoms with E-state index in [1.807, 2.05) is 6.92 Å². The molecule has 0 radical (unpaired) electrons. The maximum absolute atomic E-state index is 13.8. The predicted octanol–water partition coefficient (Wildman–Crippen LogP) is 2.72. The van der Waals surface area contributed by atoms with E-state index in [4.69, 9.17) is 5.73 Å². The van der Waals surface area contributed by atoms with Gasteiger partial charge in [-0.05, 0) is 32.3 Å². The molecule has 0 saturated carbocycles. The summed E-state index contributed by atoms with van der Waals surface area (Å²) in [4.78, 5) is 20.3. The van der Waals surface area contributed by atoms with E-state index < -0.39 is 39.0 Å². The number of amides is 1. The minimum Gasteiger partial charge on any atom is -0.390 e. The minimum absolute atomic E-state index is 0.0178. The number of carbonyl (C=O) groups excluding carboxylic acids is 1. The summed E-state index contributed by atoms with van der Waals surface area (Å²) >= 11 is 0.904. The Morgan fingerprint density at radius 3 is 2.54 bits per heavy atom. The summed E-state index contributed by atoms with van der Waals surface area (Å²) < 4.78 is 66.4. The van der Waals surface area contributed by atoms with Crippen molar-refractivity contribution in [2.45, 2.75) is 51.4 Å². The Kier molecular flexibility index (Phi) is 7.52. The highest BCUT2D eigenvalue weighted by Crippen LogP contribution is 2.40. The molecule has 14 heteroatoms. The van der Waals surface area contributed by atoms with E-state index in [-0.39, 0.29) is 47.9 Å². The minimum atomic E-state index is -4.75. The Morgan fingerprint density at radius 2 is 2.03 bits per heavy atom. The molecule has 0 unspecified atom stereocenters. The number of aliphatic hydroxyl groups is 1. The smallest absolute Gasteiger partial charge is 0.390 e. The van der Waals surface area contributed by atoms with Crippen molar-refractivity contribution in [3.05, 3.63) is 28.3 Å². The number of alkyl halides is 3. The standard InChI is InChI=1S/C21H28F3N5O4S2/c1-11-10-29(35(4,32)33)6-5-14(11)27-19-26-9-13(21(22,23)24)17(28-19)15-7-12(18(25)30)16(34-15)8-20(2,3)31/h7,9,11,14,31H,5-6,8,10H2,1-4H3,(H2,25,30)(H,26,27,28)/t11-,14+/m1/s1. The zero-order valence-electron chi connectivity index (χ0n) is 19.7. The average molecular weight is 536 g/mol. The lowest BCUT2D eigenvalue weighted by Crippen LogP contribution is -2.47. The second-order valence-corrected chi connectivity index (χ2v) is 12.5. The van der Waals surface area contributed by atoms with Gasteiger partial charge in [0.25, 0.3) is 0 Å².